The van der Waals surface area contributed by atoms with Gasteiger partial charge in [0.05, 0.1) is 4.92 Å². The average molecular weight is 287 g/mol. The quantitative estimate of drug-likeness (QED) is 0.689. The Hall–Kier alpha value is -2.21. The van der Waals surface area contributed by atoms with Gasteiger partial charge in [-0.1, -0.05) is 0 Å². The van der Waals surface area contributed by atoms with Crippen LogP contribution in [0.25, 0.3) is 10.9 Å². The molecule has 21 heavy (non-hydrogen) atoms. The van der Waals surface area contributed by atoms with Crippen LogP contribution in [0.4, 0.5) is 5.69 Å². The van der Waals surface area contributed by atoms with Crippen molar-refractivity contribution in [2.24, 2.45) is 11.7 Å². The van der Waals surface area contributed by atoms with Crippen LogP contribution in [-0.4, -0.2) is 22.6 Å². The lowest BCUT2D eigenvalue weighted by molar-refractivity contribution is -0.383. The van der Waals surface area contributed by atoms with E-state index in [4.69, 9.17) is 10.5 Å². The van der Waals surface area contributed by atoms with E-state index >= 15 is 0 Å². The van der Waals surface area contributed by atoms with E-state index in [0.29, 0.717) is 29.1 Å². The van der Waals surface area contributed by atoms with Gasteiger partial charge < -0.3 is 10.5 Å². The first-order valence-electron chi connectivity index (χ1n) is 7.09. The monoisotopic (exact) mass is 287 g/mol. The number of aromatic nitrogens is 1. The number of non-ortho nitro benzene ring substituents is 1. The zero-order valence-corrected chi connectivity index (χ0v) is 11.6. The molecule has 6 nitrogen and oxygen atoms in total. The van der Waals surface area contributed by atoms with Crippen LogP contribution in [0.1, 0.15) is 19.3 Å². The molecule has 1 fully saturated rings. The molecule has 0 saturated heterocycles. The minimum atomic E-state index is -0.419. The first kappa shape index (κ1) is 13.8. The third-order valence-corrected chi connectivity index (χ3v) is 4.08. The third-order valence-electron chi connectivity index (χ3n) is 4.08. The minimum Gasteiger partial charge on any atom is -0.489 e. The molecule has 2 atom stereocenters. The van der Waals surface area contributed by atoms with Gasteiger partial charge in [-0.25, -0.2) is 4.98 Å². The van der Waals surface area contributed by atoms with Crippen LogP contribution < -0.4 is 10.5 Å². The summed E-state index contributed by atoms with van der Waals surface area (Å²) in [5.74, 6) is 1.00. The summed E-state index contributed by atoms with van der Waals surface area (Å²) in [7, 11) is 0. The zero-order valence-electron chi connectivity index (χ0n) is 11.6. The second-order valence-corrected chi connectivity index (χ2v) is 5.32. The Morgan fingerprint density at radius 2 is 2.24 bits per heavy atom. The smallest absolute Gasteiger partial charge is 0.295 e. The highest BCUT2D eigenvalue weighted by atomic mass is 16.6. The predicted octanol–water partition coefficient (Wildman–Crippen LogP) is 2.65. The van der Waals surface area contributed by atoms with Crippen molar-refractivity contribution in [1.82, 2.24) is 4.98 Å². The molecule has 0 amide bonds. The Morgan fingerprint density at radius 1 is 1.38 bits per heavy atom. The maximum atomic E-state index is 11.1. The summed E-state index contributed by atoms with van der Waals surface area (Å²) in [6.45, 7) is 0.605. The molecule has 0 aliphatic heterocycles. The van der Waals surface area contributed by atoms with E-state index in [0.717, 1.165) is 19.3 Å². The van der Waals surface area contributed by atoms with Gasteiger partial charge in [-0.15, -0.1) is 0 Å². The van der Waals surface area contributed by atoms with Crippen LogP contribution in [0.5, 0.6) is 5.75 Å². The normalized spacial score (nSPS) is 21.6. The molecular formula is C15H17N3O3. The van der Waals surface area contributed by atoms with Crippen LogP contribution in [0.15, 0.2) is 30.5 Å². The lowest BCUT2D eigenvalue weighted by Crippen LogP contribution is -2.27. The van der Waals surface area contributed by atoms with Crippen LogP contribution in [0.3, 0.4) is 0 Å². The number of rotatable bonds is 4. The molecular weight excluding hydrogens is 270 g/mol. The van der Waals surface area contributed by atoms with Gasteiger partial charge in [-0.2, -0.15) is 0 Å². The van der Waals surface area contributed by atoms with E-state index in [1.54, 1.807) is 24.4 Å². The highest BCUT2D eigenvalue weighted by Gasteiger charge is 2.28. The fraction of sp³-hybridized carbons (Fsp3) is 0.400. The molecule has 3 rings (SSSR count). The van der Waals surface area contributed by atoms with Gasteiger partial charge in [-0.3, -0.25) is 10.1 Å². The van der Waals surface area contributed by atoms with Gasteiger partial charge in [0.15, 0.2) is 5.52 Å². The molecule has 1 aliphatic rings. The molecule has 6 heteroatoms. The molecule has 0 radical (unpaired) electrons. The number of nitrogens with two attached hydrogens (primary N) is 1. The van der Waals surface area contributed by atoms with Gasteiger partial charge in [0, 0.05) is 23.6 Å². The lowest BCUT2D eigenvalue weighted by atomic mass is 10.1. The van der Waals surface area contributed by atoms with E-state index < -0.39 is 4.92 Å². The number of nitro groups is 1. The Kier molecular flexibility index (Phi) is 3.70. The number of hydrogen-bond acceptors (Lipinski definition) is 5. The second-order valence-electron chi connectivity index (χ2n) is 5.32. The lowest BCUT2D eigenvalue weighted by Gasteiger charge is -2.20. The van der Waals surface area contributed by atoms with Crippen LogP contribution in [0.2, 0.25) is 0 Å². The standard InChI is InChI=1S/C15H17N3O3/c16-9-10-3-1-5-13(10)21-14-7-6-12(18(19)20)15-11(14)4-2-8-17-15/h2,4,6-8,10,13H,1,3,5,9,16H2. The third kappa shape index (κ3) is 2.54. The fourth-order valence-corrected chi connectivity index (χ4v) is 2.97. The molecule has 1 saturated carbocycles. The topological polar surface area (TPSA) is 91.3 Å². The highest BCUT2D eigenvalue weighted by Crippen LogP contribution is 2.35. The summed E-state index contributed by atoms with van der Waals surface area (Å²) in [5.41, 5.74) is 6.14. The van der Waals surface area contributed by atoms with E-state index in [1.165, 1.54) is 6.07 Å². The van der Waals surface area contributed by atoms with Crippen molar-refractivity contribution in [1.29, 1.82) is 0 Å². The number of hydrogen-bond donors (Lipinski definition) is 1. The molecule has 1 aromatic carbocycles. The Labute approximate surface area is 122 Å². The first-order chi connectivity index (χ1) is 10.2. The van der Waals surface area contributed by atoms with Crippen molar-refractivity contribution in [3.05, 3.63) is 40.6 Å². The summed E-state index contributed by atoms with van der Waals surface area (Å²) in [6, 6.07) is 6.68. The number of nitrogens with zero attached hydrogens (tertiary/aromatic N) is 2. The van der Waals surface area contributed by atoms with E-state index in [-0.39, 0.29) is 11.8 Å². The highest BCUT2D eigenvalue weighted by molar-refractivity contribution is 5.92. The summed E-state index contributed by atoms with van der Waals surface area (Å²) in [6.07, 6.45) is 4.79. The molecule has 0 spiro atoms. The van der Waals surface area contributed by atoms with E-state index in [9.17, 15) is 10.1 Å². The van der Waals surface area contributed by atoms with Gasteiger partial charge in [0.2, 0.25) is 0 Å². The predicted molar refractivity (Wildman–Crippen MR) is 79.2 cm³/mol. The fourth-order valence-electron chi connectivity index (χ4n) is 2.97. The van der Waals surface area contributed by atoms with Crippen molar-refractivity contribution >= 4 is 16.6 Å². The zero-order chi connectivity index (χ0) is 14.8. The van der Waals surface area contributed by atoms with E-state index in [1.807, 2.05) is 0 Å². The SMILES string of the molecule is NCC1CCCC1Oc1ccc([N+](=O)[O-])c2ncccc12. The van der Waals surface area contributed by atoms with Gasteiger partial charge >= 0.3 is 0 Å². The van der Waals surface area contributed by atoms with Crippen molar-refractivity contribution < 1.29 is 9.66 Å². The Bertz CT molecular complexity index is 674. The first-order valence-corrected chi connectivity index (χ1v) is 7.09. The van der Waals surface area contributed by atoms with Crippen LogP contribution in [-0.2, 0) is 0 Å². The van der Waals surface area contributed by atoms with Crippen molar-refractivity contribution in [2.75, 3.05) is 6.54 Å². The summed E-state index contributed by atoms with van der Waals surface area (Å²) in [4.78, 5) is 14.8. The average Bonchev–Trinajstić information content (AvgIpc) is 2.94. The molecule has 2 N–H and O–H groups in total. The Morgan fingerprint density at radius 3 is 3.00 bits per heavy atom. The molecule has 2 unspecified atom stereocenters. The van der Waals surface area contributed by atoms with Crippen molar-refractivity contribution in [2.45, 2.75) is 25.4 Å². The molecule has 0 bridgehead atoms. The molecule has 1 aliphatic carbocycles. The number of fused-ring (bicyclic) bond motifs is 1. The molecule has 2 aromatic rings. The van der Waals surface area contributed by atoms with Crippen molar-refractivity contribution in [3.63, 3.8) is 0 Å². The van der Waals surface area contributed by atoms with Gasteiger partial charge in [-0.05, 0) is 44.0 Å². The van der Waals surface area contributed by atoms with Gasteiger partial charge in [0.25, 0.3) is 5.69 Å². The maximum absolute atomic E-state index is 11.1. The van der Waals surface area contributed by atoms with Crippen molar-refractivity contribution in [3.8, 4) is 5.75 Å². The minimum absolute atomic E-state index is 0.000234. The molecule has 1 aromatic heterocycles. The summed E-state index contributed by atoms with van der Waals surface area (Å²) >= 11 is 0. The summed E-state index contributed by atoms with van der Waals surface area (Å²) in [5, 5.41) is 11.8. The van der Waals surface area contributed by atoms with Gasteiger partial charge in [0.1, 0.15) is 11.9 Å². The maximum Gasteiger partial charge on any atom is 0.295 e. The number of ether oxygens (including phenoxy) is 1. The van der Waals surface area contributed by atoms with E-state index in [2.05, 4.69) is 4.98 Å². The number of nitro benzene ring substituents is 1. The number of pyridine rings is 1. The molecule has 110 valence electrons. The second kappa shape index (κ2) is 5.65. The largest absolute Gasteiger partial charge is 0.489 e. The number of benzene rings is 1. The summed E-state index contributed by atoms with van der Waals surface area (Å²) < 4.78 is 6.08. The molecule has 1 heterocycles. The van der Waals surface area contributed by atoms with Crippen LogP contribution >= 0.6 is 0 Å². The Balaban J connectivity index is 2.00. The van der Waals surface area contributed by atoms with Crippen LogP contribution in [0, 0.1) is 16.0 Å².